The minimum absolute atomic E-state index is 0.158. The van der Waals surface area contributed by atoms with E-state index >= 15 is 0 Å². The Morgan fingerprint density at radius 2 is 1.93 bits per heavy atom. The third-order valence-electron chi connectivity index (χ3n) is 5.19. The number of benzene rings is 2. The molecule has 3 aromatic rings. The fraction of sp³-hybridized carbons (Fsp3) is 0.273. The fourth-order valence-electron chi connectivity index (χ4n) is 3.40. The van der Waals surface area contributed by atoms with Gasteiger partial charge in [0, 0.05) is 24.2 Å². The van der Waals surface area contributed by atoms with Crippen molar-refractivity contribution in [2.75, 3.05) is 16.8 Å². The Bertz CT molecular complexity index is 978. The number of hydrogen-bond acceptors (Lipinski definition) is 4. The zero-order valence-corrected chi connectivity index (χ0v) is 15.8. The fourth-order valence-corrected chi connectivity index (χ4v) is 3.40. The molecular formula is C22H23N3O2. The first-order valence-corrected chi connectivity index (χ1v) is 9.28. The second kappa shape index (κ2) is 6.91. The van der Waals surface area contributed by atoms with E-state index in [0.29, 0.717) is 12.2 Å². The first-order chi connectivity index (χ1) is 13.1. The van der Waals surface area contributed by atoms with Crippen LogP contribution in [-0.2, 0) is 0 Å². The van der Waals surface area contributed by atoms with Gasteiger partial charge in [0.1, 0.15) is 5.69 Å². The van der Waals surface area contributed by atoms with Crippen molar-refractivity contribution < 1.29 is 9.32 Å². The summed E-state index contributed by atoms with van der Waals surface area (Å²) >= 11 is 0. The molecule has 27 heavy (non-hydrogen) atoms. The number of hydrogen-bond donors (Lipinski definition) is 1. The molecule has 4 rings (SSSR count). The normalized spacial score (nSPS) is 16.0. The summed E-state index contributed by atoms with van der Waals surface area (Å²) in [7, 11) is 0. The Morgan fingerprint density at radius 3 is 2.67 bits per heavy atom. The molecule has 138 valence electrons. The average Bonchev–Trinajstić information content (AvgIpc) is 3.18. The van der Waals surface area contributed by atoms with Crippen molar-refractivity contribution in [2.24, 2.45) is 0 Å². The van der Waals surface area contributed by atoms with Gasteiger partial charge in [-0.15, -0.1) is 0 Å². The number of amides is 1. The molecule has 0 bridgehead atoms. The second-order valence-corrected chi connectivity index (χ2v) is 7.06. The number of rotatable bonds is 3. The van der Waals surface area contributed by atoms with Gasteiger partial charge in [0.15, 0.2) is 0 Å². The summed E-state index contributed by atoms with van der Waals surface area (Å²) in [6.45, 7) is 6.87. The lowest BCUT2D eigenvalue weighted by molar-refractivity contribution is 0.0949. The highest BCUT2D eigenvalue weighted by atomic mass is 16.5. The summed E-state index contributed by atoms with van der Waals surface area (Å²) in [4.78, 5) is 15.0. The lowest BCUT2D eigenvalue weighted by Crippen LogP contribution is -2.44. The van der Waals surface area contributed by atoms with Crippen LogP contribution in [0.1, 0.15) is 35.0 Å². The molecule has 1 aliphatic rings. The number of fused-ring (bicyclic) bond motifs is 1. The van der Waals surface area contributed by atoms with Crippen LogP contribution in [0.5, 0.6) is 0 Å². The van der Waals surface area contributed by atoms with Gasteiger partial charge >= 0.3 is 0 Å². The van der Waals surface area contributed by atoms with Gasteiger partial charge in [-0.2, -0.15) is 0 Å². The van der Waals surface area contributed by atoms with Gasteiger partial charge in [-0.25, -0.2) is 0 Å². The number of aromatic nitrogens is 1. The van der Waals surface area contributed by atoms with Gasteiger partial charge in [-0.3, -0.25) is 4.79 Å². The first kappa shape index (κ1) is 17.3. The Morgan fingerprint density at radius 1 is 1.19 bits per heavy atom. The van der Waals surface area contributed by atoms with Crippen LogP contribution in [-0.4, -0.2) is 23.7 Å². The maximum atomic E-state index is 13.2. The Labute approximate surface area is 159 Å². The van der Waals surface area contributed by atoms with Crippen LogP contribution in [0.25, 0.3) is 11.3 Å². The summed E-state index contributed by atoms with van der Waals surface area (Å²) in [5.41, 5.74) is 5.85. The van der Waals surface area contributed by atoms with Crippen LogP contribution in [0.4, 0.5) is 11.4 Å². The number of anilines is 2. The number of nitrogens with zero attached hydrogens (tertiary/aromatic N) is 2. The van der Waals surface area contributed by atoms with Crippen LogP contribution in [0, 0.1) is 13.8 Å². The molecule has 2 aromatic carbocycles. The standard InChI is InChI=1S/C22H23N3O2/c1-4-17-13-25(20-11-15(3)14(2)10-19(20)23-17)22(26)21-12-18(24-27-21)16-8-6-5-7-9-16/h5-12,17,23H,4,13H2,1-3H3. The SMILES string of the molecule is CCC1CN(C(=O)c2cc(-c3ccccc3)no2)c2cc(C)c(C)cc2N1. The summed E-state index contributed by atoms with van der Waals surface area (Å²) in [6.07, 6.45) is 0.932. The number of carbonyl (C=O) groups excluding carboxylic acids is 1. The molecule has 1 unspecified atom stereocenters. The van der Waals surface area contributed by atoms with Gasteiger partial charge in [-0.1, -0.05) is 42.4 Å². The Hall–Kier alpha value is -3.08. The highest BCUT2D eigenvalue weighted by molar-refractivity contribution is 6.07. The first-order valence-electron chi connectivity index (χ1n) is 9.28. The third-order valence-corrected chi connectivity index (χ3v) is 5.19. The zero-order valence-electron chi connectivity index (χ0n) is 15.8. The van der Waals surface area contributed by atoms with Crippen LogP contribution >= 0.6 is 0 Å². The Balaban J connectivity index is 1.70. The largest absolute Gasteiger partial charge is 0.379 e. The lowest BCUT2D eigenvalue weighted by atomic mass is 10.0. The predicted octanol–water partition coefficient (Wildman–Crippen LogP) is 4.81. The van der Waals surface area contributed by atoms with E-state index in [-0.39, 0.29) is 17.7 Å². The predicted molar refractivity (Wildman–Crippen MR) is 107 cm³/mol. The molecular weight excluding hydrogens is 338 g/mol. The average molecular weight is 361 g/mol. The number of nitrogens with one attached hydrogen (secondary N) is 1. The molecule has 1 N–H and O–H groups in total. The molecule has 1 amide bonds. The highest BCUT2D eigenvalue weighted by Crippen LogP contribution is 2.35. The third kappa shape index (κ3) is 3.21. The molecule has 0 saturated carbocycles. The van der Waals surface area contributed by atoms with Crippen LogP contribution in [0.3, 0.4) is 0 Å². The summed E-state index contributed by atoms with van der Waals surface area (Å²) in [5, 5.41) is 7.63. The van der Waals surface area contributed by atoms with E-state index < -0.39 is 0 Å². The molecule has 1 aromatic heterocycles. The molecule has 0 spiro atoms. The van der Waals surface area contributed by atoms with Crippen LogP contribution < -0.4 is 10.2 Å². The maximum absolute atomic E-state index is 13.2. The van der Waals surface area contributed by atoms with Gasteiger partial charge in [0.25, 0.3) is 5.91 Å². The quantitative estimate of drug-likeness (QED) is 0.727. The van der Waals surface area contributed by atoms with Gasteiger partial charge in [0.05, 0.1) is 11.4 Å². The molecule has 2 heterocycles. The minimum atomic E-state index is -0.158. The smallest absolute Gasteiger partial charge is 0.297 e. The van der Waals surface area contributed by atoms with E-state index in [9.17, 15) is 4.79 Å². The van der Waals surface area contributed by atoms with E-state index in [2.05, 4.69) is 43.4 Å². The molecule has 1 atom stereocenters. The zero-order chi connectivity index (χ0) is 19.0. The topological polar surface area (TPSA) is 58.4 Å². The van der Waals surface area contributed by atoms with Crippen molar-refractivity contribution in [1.82, 2.24) is 5.16 Å². The molecule has 0 aliphatic carbocycles. The van der Waals surface area contributed by atoms with Gasteiger partial charge < -0.3 is 14.7 Å². The molecule has 0 fully saturated rings. The van der Waals surface area contributed by atoms with E-state index in [1.807, 2.05) is 35.2 Å². The Kier molecular flexibility index (Phi) is 4.44. The van der Waals surface area contributed by atoms with E-state index in [1.54, 1.807) is 6.07 Å². The van der Waals surface area contributed by atoms with Crippen molar-refractivity contribution in [3.05, 3.63) is 65.4 Å². The molecule has 1 aliphatic heterocycles. The minimum Gasteiger partial charge on any atom is -0.379 e. The van der Waals surface area contributed by atoms with Crippen molar-refractivity contribution >= 4 is 17.3 Å². The molecule has 0 radical (unpaired) electrons. The van der Waals surface area contributed by atoms with E-state index in [1.165, 1.54) is 5.56 Å². The summed E-state index contributed by atoms with van der Waals surface area (Å²) in [5.74, 6) is 0.101. The van der Waals surface area contributed by atoms with Crippen molar-refractivity contribution in [2.45, 2.75) is 33.2 Å². The van der Waals surface area contributed by atoms with Gasteiger partial charge in [0.2, 0.25) is 5.76 Å². The maximum Gasteiger partial charge on any atom is 0.297 e. The number of carbonyl (C=O) groups is 1. The van der Waals surface area contributed by atoms with Crippen LogP contribution in [0.2, 0.25) is 0 Å². The van der Waals surface area contributed by atoms with Crippen molar-refractivity contribution in [3.63, 3.8) is 0 Å². The van der Waals surface area contributed by atoms with Crippen molar-refractivity contribution in [1.29, 1.82) is 0 Å². The van der Waals surface area contributed by atoms with Gasteiger partial charge in [-0.05, 0) is 43.5 Å². The second-order valence-electron chi connectivity index (χ2n) is 7.06. The summed E-state index contributed by atoms with van der Waals surface area (Å²) < 4.78 is 5.41. The van der Waals surface area contributed by atoms with E-state index in [0.717, 1.165) is 28.9 Å². The monoisotopic (exact) mass is 361 g/mol. The van der Waals surface area contributed by atoms with Crippen molar-refractivity contribution in [3.8, 4) is 11.3 Å². The molecule has 5 nitrogen and oxygen atoms in total. The lowest BCUT2D eigenvalue weighted by Gasteiger charge is -2.35. The summed E-state index contributed by atoms with van der Waals surface area (Å²) in [6, 6.07) is 15.8. The molecule has 5 heteroatoms. The van der Waals surface area contributed by atoms with E-state index in [4.69, 9.17) is 4.52 Å². The highest BCUT2D eigenvalue weighted by Gasteiger charge is 2.30. The molecule has 0 saturated heterocycles. The van der Waals surface area contributed by atoms with Crippen LogP contribution in [0.15, 0.2) is 53.1 Å². The number of aryl methyl sites for hydroxylation is 2.